The minimum absolute atomic E-state index is 0.558. The predicted molar refractivity (Wildman–Crippen MR) is 52.5 cm³/mol. The number of aromatic nitrogens is 2. The first-order chi connectivity index (χ1) is 6.29. The Morgan fingerprint density at radius 1 is 1.69 bits per heavy atom. The summed E-state index contributed by atoms with van der Waals surface area (Å²) in [7, 11) is 1.88. The van der Waals surface area contributed by atoms with Crippen molar-refractivity contribution in [2.45, 2.75) is 18.8 Å². The average Bonchev–Trinajstić information content (AvgIpc) is 2.49. The molecule has 2 heterocycles. The molecule has 0 amide bonds. The molecule has 1 unspecified atom stereocenters. The van der Waals surface area contributed by atoms with Crippen LogP contribution in [0.3, 0.4) is 0 Å². The van der Waals surface area contributed by atoms with Gasteiger partial charge in [-0.1, -0.05) is 0 Å². The second-order valence-corrected chi connectivity index (χ2v) is 3.65. The van der Waals surface area contributed by atoms with Gasteiger partial charge in [0.2, 0.25) is 0 Å². The zero-order chi connectivity index (χ0) is 9.26. The van der Waals surface area contributed by atoms with E-state index >= 15 is 0 Å². The molecule has 1 aliphatic rings. The van der Waals surface area contributed by atoms with Crippen molar-refractivity contribution in [3.05, 3.63) is 11.8 Å². The van der Waals surface area contributed by atoms with Crippen molar-refractivity contribution in [3.63, 3.8) is 0 Å². The molecule has 1 fully saturated rings. The Labute approximate surface area is 78.1 Å². The number of hydrogen-bond acceptors (Lipinski definition) is 3. The Morgan fingerprint density at radius 3 is 3.08 bits per heavy atom. The Balaban J connectivity index is 2.18. The van der Waals surface area contributed by atoms with Gasteiger partial charge in [0.15, 0.2) is 0 Å². The van der Waals surface area contributed by atoms with E-state index in [0.717, 1.165) is 18.9 Å². The fourth-order valence-corrected chi connectivity index (χ4v) is 1.90. The third-order valence-electron chi connectivity index (χ3n) is 2.75. The minimum atomic E-state index is 0.558. The Hall–Kier alpha value is -1.03. The van der Waals surface area contributed by atoms with E-state index in [1.54, 1.807) is 4.68 Å². The molecular formula is C9H16N4. The van der Waals surface area contributed by atoms with Gasteiger partial charge in [-0.2, -0.15) is 5.10 Å². The molecule has 3 N–H and O–H groups in total. The lowest BCUT2D eigenvalue weighted by molar-refractivity contribution is 0.462. The van der Waals surface area contributed by atoms with Crippen LogP contribution in [0.2, 0.25) is 0 Å². The van der Waals surface area contributed by atoms with Crippen molar-refractivity contribution in [1.82, 2.24) is 15.1 Å². The maximum absolute atomic E-state index is 5.91. The predicted octanol–water partition coefficient (Wildman–Crippen LogP) is 0.469. The van der Waals surface area contributed by atoms with Gasteiger partial charge in [0.05, 0.1) is 6.20 Å². The molecule has 1 saturated heterocycles. The molecule has 1 aliphatic heterocycles. The number of nitrogens with zero attached hydrogens (tertiary/aromatic N) is 2. The highest BCUT2D eigenvalue weighted by Gasteiger charge is 2.19. The molecule has 0 bridgehead atoms. The Kier molecular flexibility index (Phi) is 2.22. The number of nitrogens with two attached hydrogens (primary N) is 1. The minimum Gasteiger partial charge on any atom is -0.384 e. The van der Waals surface area contributed by atoms with E-state index in [9.17, 15) is 0 Å². The van der Waals surface area contributed by atoms with Gasteiger partial charge in [-0.25, -0.2) is 0 Å². The van der Waals surface area contributed by atoms with Gasteiger partial charge in [0.1, 0.15) is 5.82 Å². The number of anilines is 1. The zero-order valence-electron chi connectivity index (χ0n) is 7.95. The van der Waals surface area contributed by atoms with Crippen LogP contribution in [0.15, 0.2) is 6.20 Å². The van der Waals surface area contributed by atoms with E-state index in [-0.39, 0.29) is 0 Å². The van der Waals surface area contributed by atoms with Crippen molar-refractivity contribution in [1.29, 1.82) is 0 Å². The molecule has 72 valence electrons. The lowest BCUT2D eigenvalue weighted by Crippen LogP contribution is -2.28. The molecule has 0 aliphatic carbocycles. The molecule has 4 nitrogen and oxygen atoms in total. The number of hydrogen-bond donors (Lipinski definition) is 2. The van der Waals surface area contributed by atoms with Crippen LogP contribution in [0.4, 0.5) is 5.82 Å². The number of nitrogen functional groups attached to an aromatic ring is 1. The van der Waals surface area contributed by atoms with Crippen LogP contribution in [-0.2, 0) is 7.05 Å². The molecule has 0 aromatic carbocycles. The molecule has 13 heavy (non-hydrogen) atoms. The first-order valence-electron chi connectivity index (χ1n) is 4.77. The topological polar surface area (TPSA) is 55.9 Å². The summed E-state index contributed by atoms with van der Waals surface area (Å²) in [4.78, 5) is 0. The summed E-state index contributed by atoms with van der Waals surface area (Å²) >= 11 is 0. The van der Waals surface area contributed by atoms with E-state index in [2.05, 4.69) is 10.4 Å². The average molecular weight is 180 g/mol. The van der Waals surface area contributed by atoms with E-state index in [1.165, 1.54) is 18.4 Å². The maximum Gasteiger partial charge on any atom is 0.124 e. The second kappa shape index (κ2) is 3.38. The smallest absolute Gasteiger partial charge is 0.124 e. The molecule has 1 aromatic rings. The highest BCUT2D eigenvalue weighted by Crippen LogP contribution is 2.26. The van der Waals surface area contributed by atoms with Crippen LogP contribution in [0.1, 0.15) is 24.3 Å². The summed E-state index contributed by atoms with van der Waals surface area (Å²) < 4.78 is 1.74. The van der Waals surface area contributed by atoms with Gasteiger partial charge < -0.3 is 11.1 Å². The van der Waals surface area contributed by atoms with E-state index in [1.807, 2.05) is 13.2 Å². The van der Waals surface area contributed by atoms with E-state index < -0.39 is 0 Å². The molecule has 1 atom stereocenters. The quantitative estimate of drug-likeness (QED) is 0.660. The van der Waals surface area contributed by atoms with Crippen molar-refractivity contribution < 1.29 is 0 Å². The van der Waals surface area contributed by atoms with Gasteiger partial charge in [-0.15, -0.1) is 0 Å². The summed E-state index contributed by atoms with van der Waals surface area (Å²) in [5.41, 5.74) is 7.11. The second-order valence-electron chi connectivity index (χ2n) is 3.65. The van der Waals surface area contributed by atoms with Crippen LogP contribution in [0.25, 0.3) is 0 Å². The van der Waals surface area contributed by atoms with E-state index in [0.29, 0.717) is 5.92 Å². The summed E-state index contributed by atoms with van der Waals surface area (Å²) in [6, 6.07) is 0. The first-order valence-corrected chi connectivity index (χ1v) is 4.77. The standard InChI is InChI=1S/C9H16N4/c1-13-9(10)8(6-12-13)7-3-2-4-11-5-7/h6-7,11H,2-5,10H2,1H3. The molecule has 2 rings (SSSR count). The molecule has 0 radical (unpaired) electrons. The number of nitrogens with one attached hydrogen (secondary N) is 1. The third kappa shape index (κ3) is 1.54. The van der Waals surface area contributed by atoms with E-state index in [4.69, 9.17) is 5.73 Å². The molecule has 1 aromatic heterocycles. The Bertz CT molecular complexity index is 286. The zero-order valence-corrected chi connectivity index (χ0v) is 7.95. The van der Waals surface area contributed by atoms with Gasteiger partial charge >= 0.3 is 0 Å². The largest absolute Gasteiger partial charge is 0.384 e. The fraction of sp³-hybridized carbons (Fsp3) is 0.667. The van der Waals surface area contributed by atoms with Crippen LogP contribution >= 0.6 is 0 Å². The SMILES string of the molecule is Cn1ncc(C2CCCNC2)c1N. The van der Waals surface area contributed by atoms with Gasteiger partial charge in [0, 0.05) is 25.1 Å². The molecule has 0 spiro atoms. The van der Waals surface area contributed by atoms with Crippen molar-refractivity contribution in [2.24, 2.45) is 7.05 Å². The molecular weight excluding hydrogens is 164 g/mol. The summed E-state index contributed by atoms with van der Waals surface area (Å²) in [6.07, 6.45) is 4.36. The van der Waals surface area contributed by atoms with Crippen LogP contribution in [0, 0.1) is 0 Å². The lowest BCUT2D eigenvalue weighted by atomic mass is 9.93. The van der Waals surface area contributed by atoms with Crippen LogP contribution in [-0.4, -0.2) is 22.9 Å². The van der Waals surface area contributed by atoms with Crippen molar-refractivity contribution in [3.8, 4) is 0 Å². The lowest BCUT2D eigenvalue weighted by Gasteiger charge is -2.22. The first kappa shape index (κ1) is 8.56. The van der Waals surface area contributed by atoms with Gasteiger partial charge in [0.25, 0.3) is 0 Å². The van der Waals surface area contributed by atoms with Crippen molar-refractivity contribution in [2.75, 3.05) is 18.8 Å². The summed E-state index contributed by atoms with van der Waals surface area (Å²) in [6.45, 7) is 2.17. The van der Waals surface area contributed by atoms with Crippen LogP contribution < -0.4 is 11.1 Å². The summed E-state index contributed by atoms with van der Waals surface area (Å²) in [5, 5.41) is 7.53. The number of rotatable bonds is 1. The van der Waals surface area contributed by atoms with Gasteiger partial charge in [-0.3, -0.25) is 4.68 Å². The summed E-state index contributed by atoms with van der Waals surface area (Å²) in [5.74, 6) is 1.37. The number of piperidine rings is 1. The normalized spacial score (nSPS) is 23.3. The third-order valence-corrected chi connectivity index (χ3v) is 2.75. The highest BCUT2D eigenvalue weighted by molar-refractivity contribution is 5.41. The molecule has 0 saturated carbocycles. The maximum atomic E-state index is 5.91. The number of aryl methyl sites for hydroxylation is 1. The Morgan fingerprint density at radius 2 is 2.54 bits per heavy atom. The van der Waals surface area contributed by atoms with Crippen molar-refractivity contribution >= 4 is 5.82 Å². The molecule has 4 heteroatoms. The monoisotopic (exact) mass is 180 g/mol. The fourth-order valence-electron chi connectivity index (χ4n) is 1.90. The highest BCUT2D eigenvalue weighted by atomic mass is 15.3. The van der Waals surface area contributed by atoms with Crippen LogP contribution in [0.5, 0.6) is 0 Å². The van der Waals surface area contributed by atoms with Gasteiger partial charge in [-0.05, 0) is 19.4 Å².